The first-order chi connectivity index (χ1) is 6.07. The van der Waals surface area contributed by atoms with E-state index in [1.165, 1.54) is 0 Å². The van der Waals surface area contributed by atoms with Gasteiger partial charge in [0.05, 0.1) is 0 Å². The SMILES string of the molecule is CCNc1nc(N)c(N)[n+]([O-])c1O. The summed E-state index contributed by atoms with van der Waals surface area (Å²) in [5, 5.41) is 23.0. The van der Waals surface area contributed by atoms with Gasteiger partial charge in [-0.2, -0.15) is 9.71 Å². The number of rotatable bonds is 2. The molecular formula is C6H11N5O2. The molecule has 0 spiro atoms. The van der Waals surface area contributed by atoms with Gasteiger partial charge in [0, 0.05) is 6.54 Å². The normalized spacial score (nSPS) is 9.92. The van der Waals surface area contributed by atoms with E-state index >= 15 is 0 Å². The van der Waals surface area contributed by atoms with Gasteiger partial charge in [-0.3, -0.25) is 5.73 Å². The van der Waals surface area contributed by atoms with E-state index in [2.05, 4.69) is 10.3 Å². The second-order valence-corrected chi connectivity index (χ2v) is 2.38. The Morgan fingerprint density at radius 1 is 1.62 bits per heavy atom. The Bertz CT molecular complexity index is 327. The quantitative estimate of drug-likeness (QED) is 0.346. The van der Waals surface area contributed by atoms with Crippen LogP contribution in [0.1, 0.15) is 6.92 Å². The van der Waals surface area contributed by atoms with Crippen molar-refractivity contribution in [1.82, 2.24) is 4.98 Å². The molecule has 72 valence electrons. The molecule has 0 bridgehead atoms. The first-order valence-electron chi connectivity index (χ1n) is 3.69. The van der Waals surface area contributed by atoms with Gasteiger partial charge < -0.3 is 21.4 Å². The molecule has 0 atom stereocenters. The highest BCUT2D eigenvalue weighted by atomic mass is 16.5. The number of nitrogen functional groups attached to an aromatic ring is 2. The Balaban J connectivity index is 3.24. The maximum absolute atomic E-state index is 11.1. The van der Waals surface area contributed by atoms with Crippen molar-refractivity contribution in [1.29, 1.82) is 0 Å². The van der Waals surface area contributed by atoms with E-state index in [1.807, 2.05) is 0 Å². The monoisotopic (exact) mass is 185 g/mol. The third-order valence-corrected chi connectivity index (χ3v) is 1.46. The van der Waals surface area contributed by atoms with Gasteiger partial charge in [0.25, 0.3) is 0 Å². The minimum Gasteiger partial charge on any atom is -0.708 e. The van der Waals surface area contributed by atoms with Gasteiger partial charge in [0.1, 0.15) is 0 Å². The number of nitrogens with zero attached hydrogens (tertiary/aromatic N) is 2. The molecule has 0 saturated heterocycles. The first-order valence-corrected chi connectivity index (χ1v) is 3.69. The molecule has 0 radical (unpaired) electrons. The summed E-state index contributed by atoms with van der Waals surface area (Å²) in [5.74, 6) is -0.958. The molecule has 0 aromatic carbocycles. The average molecular weight is 185 g/mol. The number of aromatic hydroxyl groups is 1. The minimum absolute atomic E-state index is 0.0317. The molecule has 7 heteroatoms. The lowest BCUT2D eigenvalue weighted by Crippen LogP contribution is -2.33. The van der Waals surface area contributed by atoms with E-state index in [0.717, 1.165) is 0 Å². The van der Waals surface area contributed by atoms with Gasteiger partial charge in [0.15, 0.2) is 0 Å². The van der Waals surface area contributed by atoms with Crippen LogP contribution in [0, 0.1) is 5.21 Å². The molecule has 0 unspecified atom stereocenters. The highest BCUT2D eigenvalue weighted by Crippen LogP contribution is 2.19. The van der Waals surface area contributed by atoms with Gasteiger partial charge in [-0.05, 0) is 6.92 Å². The molecule has 0 aliphatic rings. The Morgan fingerprint density at radius 3 is 2.77 bits per heavy atom. The number of aromatic nitrogens is 2. The molecule has 1 heterocycles. The second-order valence-electron chi connectivity index (χ2n) is 2.38. The maximum atomic E-state index is 11.1. The lowest BCUT2D eigenvalue weighted by atomic mass is 10.5. The number of nitrogens with two attached hydrogens (primary N) is 2. The Labute approximate surface area is 74.6 Å². The molecule has 1 rings (SSSR count). The van der Waals surface area contributed by atoms with Gasteiger partial charge in [-0.1, -0.05) is 0 Å². The van der Waals surface area contributed by atoms with Crippen molar-refractivity contribution in [2.24, 2.45) is 0 Å². The molecule has 0 saturated carbocycles. The third-order valence-electron chi connectivity index (χ3n) is 1.46. The van der Waals surface area contributed by atoms with Crippen LogP contribution in [-0.2, 0) is 0 Å². The Hall–Kier alpha value is -1.92. The van der Waals surface area contributed by atoms with Crippen LogP contribution in [0.2, 0.25) is 0 Å². The van der Waals surface area contributed by atoms with Crippen LogP contribution in [0.3, 0.4) is 0 Å². The smallest absolute Gasteiger partial charge is 0.329 e. The fraction of sp³-hybridized carbons (Fsp3) is 0.333. The molecule has 0 aliphatic heterocycles. The van der Waals surface area contributed by atoms with Crippen LogP contribution in [0.5, 0.6) is 5.88 Å². The topological polar surface area (TPSA) is 124 Å². The summed E-state index contributed by atoms with van der Waals surface area (Å²) in [7, 11) is 0. The summed E-state index contributed by atoms with van der Waals surface area (Å²) in [4.78, 5) is 3.69. The highest BCUT2D eigenvalue weighted by Gasteiger charge is 2.15. The predicted molar refractivity (Wildman–Crippen MR) is 47.9 cm³/mol. The maximum Gasteiger partial charge on any atom is 0.329 e. The molecule has 7 nitrogen and oxygen atoms in total. The number of anilines is 3. The van der Waals surface area contributed by atoms with Crippen LogP contribution >= 0.6 is 0 Å². The van der Waals surface area contributed by atoms with Crippen molar-refractivity contribution in [2.45, 2.75) is 6.92 Å². The molecule has 0 amide bonds. The van der Waals surface area contributed by atoms with Crippen LogP contribution in [0.25, 0.3) is 0 Å². The van der Waals surface area contributed by atoms with Crippen LogP contribution in [0.15, 0.2) is 0 Å². The summed E-state index contributed by atoms with van der Waals surface area (Å²) in [5.41, 5.74) is 10.5. The Kier molecular flexibility index (Phi) is 2.27. The van der Waals surface area contributed by atoms with E-state index < -0.39 is 5.88 Å². The summed E-state index contributed by atoms with van der Waals surface area (Å²) in [6, 6.07) is 0. The molecule has 0 aliphatic carbocycles. The van der Waals surface area contributed by atoms with Gasteiger partial charge >= 0.3 is 11.7 Å². The summed E-state index contributed by atoms with van der Waals surface area (Å²) in [6.45, 7) is 2.31. The van der Waals surface area contributed by atoms with E-state index in [9.17, 15) is 10.3 Å². The van der Waals surface area contributed by atoms with Crippen LogP contribution < -0.4 is 21.5 Å². The molecule has 13 heavy (non-hydrogen) atoms. The predicted octanol–water partition coefficient (Wildman–Crippen LogP) is -0.983. The van der Waals surface area contributed by atoms with E-state index in [1.54, 1.807) is 6.92 Å². The zero-order valence-corrected chi connectivity index (χ0v) is 7.11. The summed E-state index contributed by atoms with van der Waals surface area (Å²) < 4.78 is 0.125. The van der Waals surface area contributed by atoms with E-state index in [-0.39, 0.29) is 22.2 Å². The largest absolute Gasteiger partial charge is 0.708 e. The molecular weight excluding hydrogens is 174 g/mol. The van der Waals surface area contributed by atoms with Crippen molar-refractivity contribution in [2.75, 3.05) is 23.3 Å². The minimum atomic E-state index is -0.575. The summed E-state index contributed by atoms with van der Waals surface area (Å²) >= 11 is 0. The lowest BCUT2D eigenvalue weighted by molar-refractivity contribution is -0.597. The van der Waals surface area contributed by atoms with Crippen molar-refractivity contribution in [3.8, 4) is 5.88 Å². The number of hydrogen-bond acceptors (Lipinski definition) is 6. The molecule has 6 N–H and O–H groups in total. The van der Waals surface area contributed by atoms with E-state index in [0.29, 0.717) is 6.54 Å². The standard InChI is InChI=1S/C6H11N5O2/c1-2-9-5-6(12)11(13)4(8)3(7)10-5/h12H,2,8H2,1H3,(H3,7,9,10). The zero-order chi connectivity index (χ0) is 10.0. The van der Waals surface area contributed by atoms with Gasteiger partial charge in [0.2, 0.25) is 11.6 Å². The number of hydrogen-bond donors (Lipinski definition) is 4. The number of nitrogens with one attached hydrogen (secondary N) is 1. The van der Waals surface area contributed by atoms with Crippen LogP contribution in [-0.4, -0.2) is 16.6 Å². The third kappa shape index (κ3) is 1.48. The van der Waals surface area contributed by atoms with Crippen molar-refractivity contribution in [3.63, 3.8) is 0 Å². The molecule has 1 aromatic rings. The van der Waals surface area contributed by atoms with Crippen molar-refractivity contribution in [3.05, 3.63) is 5.21 Å². The second kappa shape index (κ2) is 3.21. The van der Waals surface area contributed by atoms with Crippen molar-refractivity contribution < 1.29 is 9.84 Å². The lowest BCUT2D eigenvalue weighted by Gasteiger charge is -2.11. The van der Waals surface area contributed by atoms with Crippen molar-refractivity contribution >= 4 is 17.5 Å². The Morgan fingerprint density at radius 2 is 2.23 bits per heavy atom. The summed E-state index contributed by atoms with van der Waals surface area (Å²) in [6.07, 6.45) is 0. The van der Waals surface area contributed by atoms with E-state index in [4.69, 9.17) is 11.5 Å². The fourth-order valence-corrected chi connectivity index (χ4v) is 0.828. The van der Waals surface area contributed by atoms with Gasteiger partial charge in [-0.25, -0.2) is 0 Å². The van der Waals surface area contributed by atoms with Gasteiger partial charge in [-0.15, -0.1) is 0 Å². The fourth-order valence-electron chi connectivity index (χ4n) is 0.828. The van der Waals surface area contributed by atoms with Crippen LogP contribution in [0.4, 0.5) is 17.5 Å². The molecule has 1 aromatic heterocycles. The molecule has 0 fully saturated rings. The average Bonchev–Trinajstić information content (AvgIpc) is 2.11. The highest BCUT2D eigenvalue weighted by molar-refractivity contribution is 5.55. The zero-order valence-electron chi connectivity index (χ0n) is 7.11. The first kappa shape index (κ1) is 9.17.